The van der Waals surface area contributed by atoms with E-state index in [0.717, 1.165) is 37.3 Å². The van der Waals surface area contributed by atoms with Gasteiger partial charge in [-0.2, -0.15) is 0 Å². The zero-order chi connectivity index (χ0) is 16.5. The molecule has 24 heavy (non-hydrogen) atoms. The summed E-state index contributed by atoms with van der Waals surface area (Å²) >= 11 is 0. The highest BCUT2D eigenvalue weighted by molar-refractivity contribution is 5.80. The third kappa shape index (κ3) is 2.86. The van der Waals surface area contributed by atoms with Crippen molar-refractivity contribution in [3.8, 4) is 0 Å². The SMILES string of the molecule is CCc1cc(N[C@H]2CC(=O)N(C3Cc4ccccc4C3)C2)ncn1. The second-order valence-corrected chi connectivity index (χ2v) is 6.67. The van der Waals surface area contributed by atoms with Gasteiger partial charge in [-0.3, -0.25) is 4.79 Å². The number of anilines is 1. The molecular formula is C19H22N4O. The first-order valence-electron chi connectivity index (χ1n) is 8.66. The summed E-state index contributed by atoms with van der Waals surface area (Å²) in [5.41, 5.74) is 3.78. The molecule has 2 aliphatic rings. The lowest BCUT2D eigenvalue weighted by atomic mass is 10.1. The van der Waals surface area contributed by atoms with Gasteiger partial charge in [0.2, 0.25) is 5.91 Å². The van der Waals surface area contributed by atoms with Gasteiger partial charge >= 0.3 is 0 Å². The van der Waals surface area contributed by atoms with Gasteiger partial charge in [0.25, 0.3) is 0 Å². The van der Waals surface area contributed by atoms with Crippen LogP contribution in [0, 0.1) is 0 Å². The second-order valence-electron chi connectivity index (χ2n) is 6.67. The largest absolute Gasteiger partial charge is 0.365 e. The first-order valence-corrected chi connectivity index (χ1v) is 8.66. The maximum absolute atomic E-state index is 12.5. The predicted octanol–water partition coefficient (Wildman–Crippen LogP) is 2.22. The molecule has 1 aliphatic carbocycles. The van der Waals surface area contributed by atoms with Gasteiger partial charge < -0.3 is 10.2 Å². The van der Waals surface area contributed by atoms with Crippen LogP contribution in [0.5, 0.6) is 0 Å². The molecule has 2 heterocycles. The standard InChI is InChI=1S/C19H22N4O/c1-2-15-9-18(21-12-20-15)22-16-10-19(24)23(11-16)17-7-13-5-3-4-6-14(13)8-17/h3-6,9,12,16-17H,2,7-8,10-11H2,1H3,(H,20,21,22)/t16-/m0/s1. The van der Waals surface area contributed by atoms with Crippen LogP contribution in [-0.2, 0) is 24.1 Å². The highest BCUT2D eigenvalue weighted by Gasteiger charge is 2.37. The van der Waals surface area contributed by atoms with E-state index in [1.165, 1.54) is 11.1 Å². The van der Waals surface area contributed by atoms with Crippen molar-refractivity contribution in [3.05, 3.63) is 53.5 Å². The van der Waals surface area contributed by atoms with Crippen molar-refractivity contribution < 1.29 is 4.79 Å². The van der Waals surface area contributed by atoms with Crippen molar-refractivity contribution in [2.75, 3.05) is 11.9 Å². The molecule has 2 aromatic rings. The molecule has 0 radical (unpaired) electrons. The molecule has 1 aliphatic heterocycles. The number of aryl methyl sites for hydroxylation is 1. The van der Waals surface area contributed by atoms with Gasteiger partial charge in [-0.05, 0) is 30.4 Å². The minimum Gasteiger partial charge on any atom is -0.365 e. The molecule has 4 rings (SSSR count). The number of hydrogen-bond donors (Lipinski definition) is 1. The molecule has 1 atom stereocenters. The number of likely N-dealkylation sites (tertiary alicyclic amines) is 1. The number of benzene rings is 1. The molecule has 0 unspecified atom stereocenters. The highest BCUT2D eigenvalue weighted by atomic mass is 16.2. The molecule has 1 aromatic heterocycles. The van der Waals surface area contributed by atoms with E-state index < -0.39 is 0 Å². The second kappa shape index (κ2) is 6.23. The summed E-state index contributed by atoms with van der Waals surface area (Å²) in [6, 6.07) is 10.9. The lowest BCUT2D eigenvalue weighted by molar-refractivity contribution is -0.129. The molecule has 1 aromatic carbocycles. The Kier molecular flexibility index (Phi) is 3.92. The zero-order valence-electron chi connectivity index (χ0n) is 13.9. The van der Waals surface area contributed by atoms with Gasteiger partial charge in [0.1, 0.15) is 12.1 Å². The molecule has 1 fully saturated rings. The first-order chi connectivity index (χ1) is 11.7. The molecule has 0 spiro atoms. The van der Waals surface area contributed by atoms with Crippen molar-refractivity contribution in [2.24, 2.45) is 0 Å². The van der Waals surface area contributed by atoms with Gasteiger partial charge in [0, 0.05) is 30.8 Å². The summed E-state index contributed by atoms with van der Waals surface area (Å²) in [4.78, 5) is 23.0. The maximum atomic E-state index is 12.5. The lowest BCUT2D eigenvalue weighted by Gasteiger charge is -2.24. The molecule has 0 saturated carbocycles. The van der Waals surface area contributed by atoms with Crippen molar-refractivity contribution in [1.82, 2.24) is 14.9 Å². The minimum absolute atomic E-state index is 0.126. The average Bonchev–Trinajstić information content (AvgIpc) is 3.18. The Bertz CT molecular complexity index is 736. The summed E-state index contributed by atoms with van der Waals surface area (Å²) in [5.74, 6) is 1.06. The summed E-state index contributed by atoms with van der Waals surface area (Å²) in [6.07, 6.45) is 4.96. The summed E-state index contributed by atoms with van der Waals surface area (Å²) in [6.45, 7) is 2.83. The monoisotopic (exact) mass is 322 g/mol. The maximum Gasteiger partial charge on any atom is 0.225 e. The van der Waals surface area contributed by atoms with Crippen LogP contribution < -0.4 is 5.32 Å². The normalized spacial score (nSPS) is 20.5. The number of carbonyl (C=O) groups is 1. The van der Waals surface area contributed by atoms with E-state index in [9.17, 15) is 4.79 Å². The quantitative estimate of drug-likeness (QED) is 0.938. The highest BCUT2D eigenvalue weighted by Crippen LogP contribution is 2.28. The topological polar surface area (TPSA) is 58.1 Å². The average molecular weight is 322 g/mol. The Morgan fingerprint density at radius 1 is 1.17 bits per heavy atom. The molecule has 1 saturated heterocycles. The van der Waals surface area contributed by atoms with Crippen LogP contribution in [0.25, 0.3) is 0 Å². The van der Waals surface area contributed by atoms with Crippen LogP contribution in [0.3, 0.4) is 0 Å². The number of nitrogens with one attached hydrogen (secondary N) is 1. The van der Waals surface area contributed by atoms with Crippen molar-refractivity contribution in [1.29, 1.82) is 0 Å². The third-order valence-corrected chi connectivity index (χ3v) is 5.07. The molecule has 5 nitrogen and oxygen atoms in total. The summed E-state index contributed by atoms with van der Waals surface area (Å²) < 4.78 is 0. The predicted molar refractivity (Wildman–Crippen MR) is 92.8 cm³/mol. The Balaban J connectivity index is 1.42. The van der Waals surface area contributed by atoms with Crippen LogP contribution in [0.4, 0.5) is 5.82 Å². The number of rotatable bonds is 4. The Hall–Kier alpha value is -2.43. The van der Waals surface area contributed by atoms with E-state index in [4.69, 9.17) is 0 Å². The fourth-order valence-electron chi connectivity index (χ4n) is 3.82. The van der Waals surface area contributed by atoms with E-state index in [0.29, 0.717) is 12.5 Å². The van der Waals surface area contributed by atoms with E-state index in [2.05, 4.69) is 51.4 Å². The third-order valence-electron chi connectivity index (χ3n) is 5.07. The minimum atomic E-state index is 0.126. The van der Waals surface area contributed by atoms with Gasteiger partial charge in [-0.1, -0.05) is 31.2 Å². The van der Waals surface area contributed by atoms with Gasteiger partial charge in [-0.15, -0.1) is 0 Å². The van der Waals surface area contributed by atoms with Gasteiger partial charge in [0.15, 0.2) is 0 Å². The number of carbonyl (C=O) groups excluding carboxylic acids is 1. The number of aromatic nitrogens is 2. The Labute approximate surface area is 142 Å². The van der Waals surface area contributed by atoms with E-state index >= 15 is 0 Å². The molecule has 124 valence electrons. The summed E-state index contributed by atoms with van der Waals surface area (Å²) in [5, 5.41) is 3.41. The van der Waals surface area contributed by atoms with Gasteiger partial charge in [-0.25, -0.2) is 9.97 Å². The fourth-order valence-corrected chi connectivity index (χ4v) is 3.82. The number of fused-ring (bicyclic) bond motifs is 1. The van der Waals surface area contributed by atoms with Crippen molar-refractivity contribution in [2.45, 2.75) is 44.7 Å². The first kappa shape index (κ1) is 15.1. The Morgan fingerprint density at radius 3 is 2.62 bits per heavy atom. The number of amides is 1. The molecule has 1 amide bonds. The Morgan fingerprint density at radius 2 is 1.92 bits per heavy atom. The van der Waals surface area contributed by atoms with E-state index in [1.54, 1.807) is 6.33 Å². The van der Waals surface area contributed by atoms with E-state index in [-0.39, 0.29) is 11.9 Å². The van der Waals surface area contributed by atoms with Crippen molar-refractivity contribution >= 4 is 11.7 Å². The van der Waals surface area contributed by atoms with Crippen LogP contribution >= 0.6 is 0 Å². The fraction of sp³-hybridized carbons (Fsp3) is 0.421. The lowest BCUT2D eigenvalue weighted by Crippen LogP contribution is -2.38. The van der Waals surface area contributed by atoms with Gasteiger partial charge in [0.05, 0.1) is 6.04 Å². The molecule has 5 heteroatoms. The number of hydrogen-bond acceptors (Lipinski definition) is 4. The smallest absolute Gasteiger partial charge is 0.225 e. The van der Waals surface area contributed by atoms with Crippen molar-refractivity contribution in [3.63, 3.8) is 0 Å². The van der Waals surface area contributed by atoms with Crippen LogP contribution in [-0.4, -0.2) is 39.4 Å². The van der Waals surface area contributed by atoms with Crippen LogP contribution in [0.1, 0.15) is 30.2 Å². The van der Waals surface area contributed by atoms with E-state index in [1.807, 2.05) is 6.07 Å². The van der Waals surface area contributed by atoms with Crippen LogP contribution in [0.2, 0.25) is 0 Å². The molecular weight excluding hydrogens is 300 g/mol. The zero-order valence-corrected chi connectivity index (χ0v) is 13.9. The van der Waals surface area contributed by atoms with Crippen LogP contribution in [0.15, 0.2) is 36.7 Å². The summed E-state index contributed by atoms with van der Waals surface area (Å²) in [7, 11) is 0. The molecule has 0 bridgehead atoms. The molecule has 1 N–H and O–H groups in total. The number of nitrogens with zero attached hydrogens (tertiary/aromatic N) is 3.